The predicted molar refractivity (Wildman–Crippen MR) is 81.8 cm³/mol. The Hall–Kier alpha value is -1.49. The number of guanidine groups is 1. The largest absolute Gasteiger partial charge is 0.465 e. The van der Waals surface area contributed by atoms with Gasteiger partial charge in [-0.25, -0.2) is 0 Å². The molecule has 0 amide bonds. The van der Waals surface area contributed by atoms with Crippen molar-refractivity contribution in [2.75, 3.05) is 19.6 Å². The molecule has 1 unspecified atom stereocenters. The van der Waals surface area contributed by atoms with Crippen LogP contribution in [0.5, 0.6) is 0 Å². The summed E-state index contributed by atoms with van der Waals surface area (Å²) in [5.41, 5.74) is 5.89. The van der Waals surface area contributed by atoms with Gasteiger partial charge in [0.25, 0.3) is 0 Å². The third-order valence-electron chi connectivity index (χ3n) is 3.54. The van der Waals surface area contributed by atoms with Crippen molar-refractivity contribution < 1.29 is 4.42 Å². The van der Waals surface area contributed by atoms with E-state index < -0.39 is 0 Å². The van der Waals surface area contributed by atoms with Crippen LogP contribution in [-0.2, 0) is 0 Å². The van der Waals surface area contributed by atoms with Crippen molar-refractivity contribution in [1.82, 2.24) is 10.2 Å². The Kier molecular flexibility index (Phi) is 5.06. The van der Waals surface area contributed by atoms with Crippen LogP contribution in [0.15, 0.2) is 21.5 Å². The third-order valence-corrected chi connectivity index (χ3v) is 3.54. The van der Waals surface area contributed by atoms with E-state index in [4.69, 9.17) is 10.2 Å². The van der Waals surface area contributed by atoms with Crippen LogP contribution in [0, 0.1) is 6.92 Å². The first-order valence-corrected chi connectivity index (χ1v) is 7.43. The van der Waals surface area contributed by atoms with E-state index in [0.29, 0.717) is 18.5 Å². The highest BCUT2D eigenvalue weighted by atomic mass is 16.3. The summed E-state index contributed by atoms with van der Waals surface area (Å²) in [6, 6.07) is 4.56. The number of nitrogens with two attached hydrogens (primary N) is 1. The Labute approximate surface area is 121 Å². The first kappa shape index (κ1) is 14.9. The standard InChI is InChI=1S/C15H26N4O/c1-11(2)18-15(16)17-10-13(19-8-4-5-9-19)14-7-6-12(3)20-14/h6-7,11,13H,4-5,8-10H2,1-3H3,(H3,16,17,18). The fourth-order valence-corrected chi connectivity index (χ4v) is 2.60. The van der Waals surface area contributed by atoms with Gasteiger partial charge in [-0.3, -0.25) is 9.89 Å². The number of furan rings is 1. The molecule has 0 aromatic carbocycles. The summed E-state index contributed by atoms with van der Waals surface area (Å²) in [4.78, 5) is 6.91. The number of aryl methyl sites for hydroxylation is 1. The van der Waals surface area contributed by atoms with Crippen LogP contribution in [0.1, 0.15) is 44.3 Å². The van der Waals surface area contributed by atoms with Gasteiger partial charge in [-0.15, -0.1) is 0 Å². The topological polar surface area (TPSA) is 66.8 Å². The molecule has 112 valence electrons. The fraction of sp³-hybridized carbons (Fsp3) is 0.667. The molecule has 1 aromatic heterocycles. The van der Waals surface area contributed by atoms with E-state index in [1.807, 2.05) is 13.0 Å². The Morgan fingerprint density at radius 2 is 2.10 bits per heavy atom. The maximum Gasteiger partial charge on any atom is 0.188 e. The van der Waals surface area contributed by atoms with Crippen molar-refractivity contribution in [3.05, 3.63) is 23.7 Å². The average molecular weight is 278 g/mol. The number of aliphatic imine (C=N–C) groups is 1. The van der Waals surface area contributed by atoms with Crippen molar-refractivity contribution in [2.45, 2.75) is 45.7 Å². The molecule has 3 N–H and O–H groups in total. The molecule has 0 spiro atoms. The molecule has 1 aliphatic rings. The number of rotatable bonds is 5. The maximum absolute atomic E-state index is 5.89. The van der Waals surface area contributed by atoms with E-state index in [1.54, 1.807) is 0 Å². The van der Waals surface area contributed by atoms with E-state index >= 15 is 0 Å². The van der Waals surface area contributed by atoms with Crippen molar-refractivity contribution >= 4 is 5.96 Å². The lowest BCUT2D eigenvalue weighted by Gasteiger charge is -2.24. The molecule has 1 fully saturated rings. The second kappa shape index (κ2) is 6.79. The summed E-state index contributed by atoms with van der Waals surface area (Å²) in [6.07, 6.45) is 2.50. The van der Waals surface area contributed by atoms with Crippen LogP contribution in [-0.4, -0.2) is 36.5 Å². The summed E-state index contributed by atoms with van der Waals surface area (Å²) in [6.45, 7) is 8.93. The van der Waals surface area contributed by atoms with Crippen molar-refractivity contribution in [3.63, 3.8) is 0 Å². The molecule has 20 heavy (non-hydrogen) atoms. The molecule has 1 saturated heterocycles. The molecule has 0 aliphatic carbocycles. The van der Waals surface area contributed by atoms with Crippen LogP contribution < -0.4 is 11.1 Å². The van der Waals surface area contributed by atoms with Crippen LogP contribution >= 0.6 is 0 Å². The number of hydrogen-bond donors (Lipinski definition) is 2. The molecule has 1 aliphatic heterocycles. The van der Waals surface area contributed by atoms with Crippen molar-refractivity contribution in [2.24, 2.45) is 10.7 Å². The average Bonchev–Trinajstić information content (AvgIpc) is 3.01. The molecule has 1 aromatic rings. The van der Waals surface area contributed by atoms with Crippen LogP contribution in [0.2, 0.25) is 0 Å². The summed E-state index contributed by atoms with van der Waals surface area (Å²) in [5.74, 6) is 2.44. The van der Waals surface area contributed by atoms with Crippen molar-refractivity contribution in [3.8, 4) is 0 Å². The third kappa shape index (κ3) is 4.00. The van der Waals surface area contributed by atoms with Gasteiger partial charge in [0.15, 0.2) is 5.96 Å². The number of nitrogens with zero attached hydrogens (tertiary/aromatic N) is 2. The second-order valence-corrected chi connectivity index (χ2v) is 5.73. The molecule has 0 bridgehead atoms. The normalized spacial score (nSPS) is 18.7. The molecular weight excluding hydrogens is 252 g/mol. The molecule has 0 saturated carbocycles. The van der Waals surface area contributed by atoms with Crippen LogP contribution in [0.25, 0.3) is 0 Å². The highest BCUT2D eigenvalue weighted by Gasteiger charge is 2.25. The number of likely N-dealkylation sites (tertiary alicyclic amines) is 1. The lowest BCUT2D eigenvalue weighted by atomic mass is 10.2. The smallest absolute Gasteiger partial charge is 0.188 e. The Morgan fingerprint density at radius 1 is 1.40 bits per heavy atom. The monoisotopic (exact) mass is 278 g/mol. The SMILES string of the molecule is Cc1ccc(C(CN=C(N)NC(C)C)N2CCCC2)o1. The van der Waals surface area contributed by atoms with Gasteiger partial charge in [0, 0.05) is 6.04 Å². The number of nitrogens with one attached hydrogen (secondary N) is 1. The predicted octanol–water partition coefficient (Wildman–Crippen LogP) is 2.04. The zero-order valence-corrected chi connectivity index (χ0v) is 12.7. The highest BCUT2D eigenvalue weighted by molar-refractivity contribution is 5.78. The Morgan fingerprint density at radius 3 is 2.65 bits per heavy atom. The number of hydrogen-bond acceptors (Lipinski definition) is 3. The van der Waals surface area contributed by atoms with Crippen molar-refractivity contribution in [1.29, 1.82) is 0 Å². The Bertz CT molecular complexity index is 446. The summed E-state index contributed by atoms with van der Waals surface area (Å²) in [5, 5.41) is 3.12. The van der Waals surface area contributed by atoms with E-state index in [9.17, 15) is 0 Å². The second-order valence-electron chi connectivity index (χ2n) is 5.73. The van der Waals surface area contributed by atoms with Gasteiger partial charge in [0.05, 0.1) is 12.6 Å². The zero-order chi connectivity index (χ0) is 14.5. The first-order valence-electron chi connectivity index (χ1n) is 7.43. The van der Waals surface area contributed by atoms with Gasteiger partial charge >= 0.3 is 0 Å². The minimum Gasteiger partial charge on any atom is -0.465 e. The summed E-state index contributed by atoms with van der Waals surface area (Å²) < 4.78 is 5.80. The minimum atomic E-state index is 0.193. The van der Waals surface area contributed by atoms with Gasteiger partial charge in [0.1, 0.15) is 11.5 Å². The highest BCUT2D eigenvalue weighted by Crippen LogP contribution is 2.26. The Balaban J connectivity index is 2.07. The molecule has 5 nitrogen and oxygen atoms in total. The fourth-order valence-electron chi connectivity index (χ4n) is 2.60. The summed E-state index contributed by atoms with van der Waals surface area (Å²) in [7, 11) is 0. The molecule has 0 radical (unpaired) electrons. The molecular formula is C15H26N4O. The van der Waals surface area contributed by atoms with E-state index in [2.05, 4.69) is 35.1 Å². The molecule has 2 rings (SSSR count). The van der Waals surface area contributed by atoms with E-state index in [0.717, 1.165) is 24.6 Å². The van der Waals surface area contributed by atoms with E-state index in [-0.39, 0.29) is 6.04 Å². The molecule has 2 heterocycles. The molecule has 1 atom stereocenters. The maximum atomic E-state index is 5.89. The van der Waals surface area contributed by atoms with Gasteiger partial charge < -0.3 is 15.5 Å². The molecule has 5 heteroatoms. The quantitative estimate of drug-likeness (QED) is 0.639. The van der Waals surface area contributed by atoms with Gasteiger partial charge in [-0.2, -0.15) is 0 Å². The van der Waals surface area contributed by atoms with Gasteiger partial charge in [-0.05, 0) is 58.8 Å². The van der Waals surface area contributed by atoms with Gasteiger partial charge in [0.2, 0.25) is 0 Å². The zero-order valence-electron chi connectivity index (χ0n) is 12.7. The van der Waals surface area contributed by atoms with Gasteiger partial charge in [-0.1, -0.05) is 0 Å². The van der Waals surface area contributed by atoms with Crippen LogP contribution in [0.4, 0.5) is 0 Å². The van der Waals surface area contributed by atoms with E-state index in [1.165, 1.54) is 12.8 Å². The minimum absolute atomic E-state index is 0.193. The van der Waals surface area contributed by atoms with Crippen LogP contribution in [0.3, 0.4) is 0 Å². The summed E-state index contributed by atoms with van der Waals surface area (Å²) >= 11 is 0. The lowest BCUT2D eigenvalue weighted by Crippen LogP contribution is -2.37. The first-order chi connectivity index (χ1) is 9.56. The lowest BCUT2D eigenvalue weighted by molar-refractivity contribution is 0.219.